The topological polar surface area (TPSA) is 12.5 Å². The first-order valence-electron chi connectivity index (χ1n) is 5.16. The van der Waals surface area contributed by atoms with Gasteiger partial charge in [0.1, 0.15) is 0 Å². The lowest BCUT2D eigenvalue weighted by atomic mass is 10.2. The zero-order valence-corrected chi connectivity index (χ0v) is 8.38. The van der Waals surface area contributed by atoms with Crippen LogP contribution in [0.3, 0.4) is 0 Å². The average molecular weight is 171 g/mol. The standard InChI is InChI=1S/C10H21NO/c1-3-6-11-7-4-8-12-9-5-10(11)2/h10H,3-9H2,1-2H3. The zero-order valence-electron chi connectivity index (χ0n) is 8.38. The molecule has 1 rings (SSSR count). The van der Waals surface area contributed by atoms with Gasteiger partial charge in [0.15, 0.2) is 0 Å². The molecule has 2 heteroatoms. The van der Waals surface area contributed by atoms with Crippen molar-refractivity contribution in [2.45, 2.75) is 39.2 Å². The minimum atomic E-state index is 0.713. The van der Waals surface area contributed by atoms with Crippen molar-refractivity contribution in [3.8, 4) is 0 Å². The predicted molar refractivity (Wildman–Crippen MR) is 51.4 cm³/mol. The van der Waals surface area contributed by atoms with Gasteiger partial charge in [0.05, 0.1) is 0 Å². The monoisotopic (exact) mass is 171 g/mol. The largest absolute Gasteiger partial charge is 0.381 e. The molecule has 0 bridgehead atoms. The fourth-order valence-corrected chi connectivity index (χ4v) is 1.75. The number of rotatable bonds is 2. The van der Waals surface area contributed by atoms with Crippen LogP contribution in [0.5, 0.6) is 0 Å². The Hall–Kier alpha value is -0.0800. The van der Waals surface area contributed by atoms with Gasteiger partial charge in [-0.25, -0.2) is 0 Å². The lowest BCUT2D eigenvalue weighted by Crippen LogP contribution is -2.37. The molecule has 0 N–H and O–H groups in total. The van der Waals surface area contributed by atoms with Gasteiger partial charge in [-0.3, -0.25) is 0 Å². The number of nitrogens with zero attached hydrogens (tertiary/aromatic N) is 1. The van der Waals surface area contributed by atoms with Crippen LogP contribution in [0.15, 0.2) is 0 Å². The van der Waals surface area contributed by atoms with Gasteiger partial charge in [-0.2, -0.15) is 0 Å². The Balaban J connectivity index is 2.32. The summed E-state index contributed by atoms with van der Waals surface area (Å²) in [4.78, 5) is 2.59. The first-order valence-corrected chi connectivity index (χ1v) is 5.16. The van der Waals surface area contributed by atoms with Crippen LogP contribution in [0.1, 0.15) is 33.1 Å². The summed E-state index contributed by atoms with van der Waals surface area (Å²) < 4.78 is 5.44. The second kappa shape index (κ2) is 5.55. The average Bonchev–Trinajstić information content (AvgIpc) is 2.05. The summed E-state index contributed by atoms with van der Waals surface area (Å²) in [6.07, 6.45) is 3.66. The van der Waals surface area contributed by atoms with Crippen molar-refractivity contribution >= 4 is 0 Å². The third kappa shape index (κ3) is 3.11. The molecule has 0 spiro atoms. The molecule has 1 saturated heterocycles. The molecule has 0 aromatic rings. The molecule has 1 heterocycles. The van der Waals surface area contributed by atoms with Crippen LogP contribution in [-0.4, -0.2) is 37.2 Å². The minimum Gasteiger partial charge on any atom is -0.381 e. The van der Waals surface area contributed by atoms with Crippen LogP contribution in [0.2, 0.25) is 0 Å². The van der Waals surface area contributed by atoms with Crippen molar-refractivity contribution in [3.05, 3.63) is 0 Å². The van der Waals surface area contributed by atoms with Crippen molar-refractivity contribution in [2.75, 3.05) is 26.3 Å². The van der Waals surface area contributed by atoms with Crippen LogP contribution in [-0.2, 0) is 4.74 Å². The quantitative estimate of drug-likeness (QED) is 0.629. The molecule has 0 saturated carbocycles. The van der Waals surface area contributed by atoms with Crippen molar-refractivity contribution in [2.24, 2.45) is 0 Å². The Morgan fingerprint density at radius 3 is 3.00 bits per heavy atom. The van der Waals surface area contributed by atoms with Gasteiger partial charge >= 0.3 is 0 Å². The van der Waals surface area contributed by atoms with Gasteiger partial charge in [0.2, 0.25) is 0 Å². The van der Waals surface area contributed by atoms with E-state index < -0.39 is 0 Å². The normalized spacial score (nSPS) is 28.0. The SMILES string of the molecule is CCCN1CCCOCCC1C. The summed E-state index contributed by atoms with van der Waals surface area (Å²) in [7, 11) is 0. The van der Waals surface area contributed by atoms with Crippen LogP contribution in [0, 0.1) is 0 Å². The third-order valence-corrected chi connectivity index (χ3v) is 2.55. The molecule has 1 unspecified atom stereocenters. The Morgan fingerprint density at radius 2 is 2.25 bits per heavy atom. The number of hydrogen-bond acceptors (Lipinski definition) is 2. The van der Waals surface area contributed by atoms with E-state index in [2.05, 4.69) is 18.7 Å². The molecule has 1 aliphatic heterocycles. The maximum atomic E-state index is 5.44. The van der Waals surface area contributed by atoms with Crippen molar-refractivity contribution in [3.63, 3.8) is 0 Å². The van der Waals surface area contributed by atoms with Crippen molar-refractivity contribution in [1.29, 1.82) is 0 Å². The second-order valence-electron chi connectivity index (χ2n) is 3.64. The highest BCUT2D eigenvalue weighted by Gasteiger charge is 2.14. The van der Waals surface area contributed by atoms with E-state index in [0.717, 1.165) is 13.2 Å². The first-order chi connectivity index (χ1) is 5.84. The molecule has 2 nitrogen and oxygen atoms in total. The number of ether oxygens (including phenoxy) is 1. The van der Waals surface area contributed by atoms with Crippen LogP contribution in [0.25, 0.3) is 0 Å². The van der Waals surface area contributed by atoms with Crippen molar-refractivity contribution < 1.29 is 4.74 Å². The lowest BCUT2D eigenvalue weighted by Gasteiger charge is -2.30. The molecular weight excluding hydrogens is 150 g/mol. The molecule has 0 amide bonds. The molecule has 0 aliphatic carbocycles. The van der Waals surface area contributed by atoms with Gasteiger partial charge in [0.25, 0.3) is 0 Å². The first kappa shape index (κ1) is 10.0. The van der Waals surface area contributed by atoms with E-state index in [9.17, 15) is 0 Å². The van der Waals surface area contributed by atoms with E-state index in [-0.39, 0.29) is 0 Å². The highest BCUT2D eigenvalue weighted by molar-refractivity contribution is 4.68. The van der Waals surface area contributed by atoms with E-state index in [1.54, 1.807) is 0 Å². The molecule has 12 heavy (non-hydrogen) atoms. The fourth-order valence-electron chi connectivity index (χ4n) is 1.75. The maximum Gasteiger partial charge on any atom is 0.0480 e. The molecule has 1 fully saturated rings. The molecule has 72 valence electrons. The van der Waals surface area contributed by atoms with E-state index in [1.165, 1.54) is 32.4 Å². The smallest absolute Gasteiger partial charge is 0.0480 e. The molecule has 1 aliphatic rings. The Kier molecular flexibility index (Phi) is 4.62. The molecule has 0 aromatic carbocycles. The summed E-state index contributed by atoms with van der Waals surface area (Å²) in [6.45, 7) is 8.93. The van der Waals surface area contributed by atoms with E-state index >= 15 is 0 Å². The summed E-state index contributed by atoms with van der Waals surface area (Å²) in [5.74, 6) is 0. The second-order valence-corrected chi connectivity index (χ2v) is 3.64. The van der Waals surface area contributed by atoms with Gasteiger partial charge in [0, 0.05) is 25.8 Å². The van der Waals surface area contributed by atoms with Crippen LogP contribution in [0.4, 0.5) is 0 Å². The highest BCUT2D eigenvalue weighted by Crippen LogP contribution is 2.09. The highest BCUT2D eigenvalue weighted by atomic mass is 16.5. The summed E-state index contributed by atoms with van der Waals surface area (Å²) in [6, 6.07) is 0.713. The number of hydrogen-bond donors (Lipinski definition) is 0. The maximum absolute atomic E-state index is 5.44. The minimum absolute atomic E-state index is 0.713. The Labute approximate surface area is 75.9 Å². The summed E-state index contributed by atoms with van der Waals surface area (Å²) >= 11 is 0. The fraction of sp³-hybridized carbons (Fsp3) is 1.00. The van der Waals surface area contributed by atoms with E-state index in [0.29, 0.717) is 6.04 Å². The molecule has 0 aromatic heterocycles. The lowest BCUT2D eigenvalue weighted by molar-refractivity contribution is 0.0649. The van der Waals surface area contributed by atoms with E-state index in [1.807, 2.05) is 0 Å². The summed E-state index contributed by atoms with van der Waals surface area (Å²) in [5.41, 5.74) is 0. The summed E-state index contributed by atoms with van der Waals surface area (Å²) in [5, 5.41) is 0. The van der Waals surface area contributed by atoms with Gasteiger partial charge in [-0.05, 0) is 32.7 Å². The van der Waals surface area contributed by atoms with Gasteiger partial charge < -0.3 is 9.64 Å². The predicted octanol–water partition coefficient (Wildman–Crippen LogP) is 1.90. The third-order valence-electron chi connectivity index (χ3n) is 2.55. The Bertz CT molecular complexity index is 116. The molecule has 1 atom stereocenters. The van der Waals surface area contributed by atoms with Crippen molar-refractivity contribution in [1.82, 2.24) is 4.90 Å². The zero-order chi connectivity index (χ0) is 8.81. The Morgan fingerprint density at radius 1 is 1.42 bits per heavy atom. The van der Waals surface area contributed by atoms with Crippen LogP contribution >= 0.6 is 0 Å². The van der Waals surface area contributed by atoms with Gasteiger partial charge in [-0.1, -0.05) is 6.92 Å². The van der Waals surface area contributed by atoms with Crippen LogP contribution < -0.4 is 0 Å². The molecule has 0 radical (unpaired) electrons. The molecular formula is C10H21NO. The van der Waals surface area contributed by atoms with Gasteiger partial charge in [-0.15, -0.1) is 0 Å². The van der Waals surface area contributed by atoms with E-state index in [4.69, 9.17) is 4.74 Å².